The molecule has 8 nitrogen and oxygen atoms in total. The number of likely N-dealkylation sites (N-methyl/N-ethyl adjacent to an activating group) is 1. The van der Waals surface area contributed by atoms with Gasteiger partial charge in [0.2, 0.25) is 11.8 Å². The van der Waals surface area contributed by atoms with Crippen LogP contribution in [0.3, 0.4) is 0 Å². The van der Waals surface area contributed by atoms with Crippen LogP contribution in [0.4, 0.5) is 13.2 Å². The quantitative estimate of drug-likeness (QED) is 0.389. The van der Waals surface area contributed by atoms with Crippen molar-refractivity contribution in [1.82, 2.24) is 25.1 Å². The Morgan fingerprint density at radius 1 is 1.17 bits per heavy atom. The van der Waals surface area contributed by atoms with Gasteiger partial charge in [-0.2, -0.15) is 13.2 Å². The fourth-order valence-corrected chi connectivity index (χ4v) is 7.31. The molecule has 6 rings (SSSR count). The highest BCUT2D eigenvalue weighted by atomic mass is 35.5. The minimum atomic E-state index is -4.70. The number of imide groups is 1. The molecule has 1 N–H and O–H groups in total. The molecular formula is C28H30Cl2F3N5O3S. The zero-order chi connectivity index (χ0) is 28.7. The number of rotatable bonds is 5. The summed E-state index contributed by atoms with van der Waals surface area (Å²) in [6, 6.07) is 4.32. The van der Waals surface area contributed by atoms with E-state index in [0.717, 1.165) is 12.5 Å². The number of hydrogen-bond donors (Lipinski definition) is 1. The number of amides is 3. The third-order valence-corrected chi connectivity index (χ3v) is 9.67. The van der Waals surface area contributed by atoms with Gasteiger partial charge in [-0.15, -0.1) is 36.2 Å². The van der Waals surface area contributed by atoms with Crippen molar-refractivity contribution < 1.29 is 27.6 Å². The summed E-state index contributed by atoms with van der Waals surface area (Å²) in [4.78, 5) is 51.4. The second kappa shape index (κ2) is 11.0. The number of aryl methyl sites for hydroxylation is 1. The second-order valence-electron chi connectivity index (χ2n) is 11.4. The van der Waals surface area contributed by atoms with E-state index in [0.29, 0.717) is 33.7 Å². The van der Waals surface area contributed by atoms with Crippen LogP contribution in [0.1, 0.15) is 46.8 Å². The Hall–Kier alpha value is -2.80. The molecule has 3 amide bonds. The summed E-state index contributed by atoms with van der Waals surface area (Å²) in [6.45, 7) is 6.32. The van der Waals surface area contributed by atoms with Crippen LogP contribution < -0.4 is 5.32 Å². The Balaban J connectivity index is 0.00000202. The van der Waals surface area contributed by atoms with E-state index in [-0.39, 0.29) is 89.2 Å². The van der Waals surface area contributed by atoms with Crippen LogP contribution in [0.15, 0.2) is 24.4 Å². The van der Waals surface area contributed by atoms with Crippen molar-refractivity contribution >= 4 is 64.1 Å². The van der Waals surface area contributed by atoms with E-state index in [2.05, 4.69) is 15.3 Å². The summed E-state index contributed by atoms with van der Waals surface area (Å²) in [5.41, 5.74) is -0.297. The van der Waals surface area contributed by atoms with Gasteiger partial charge < -0.3 is 10.2 Å². The molecular weight excluding hydrogens is 614 g/mol. The topological polar surface area (TPSA) is 95.5 Å². The van der Waals surface area contributed by atoms with Crippen LogP contribution in [0, 0.1) is 24.2 Å². The Labute approximate surface area is 256 Å². The summed E-state index contributed by atoms with van der Waals surface area (Å²) in [7, 11) is 1.81. The fourth-order valence-electron chi connectivity index (χ4n) is 6.19. The van der Waals surface area contributed by atoms with Gasteiger partial charge in [-0.25, -0.2) is 4.98 Å². The normalized spacial score (nSPS) is 22.7. The zero-order valence-electron chi connectivity index (χ0n) is 23.2. The Morgan fingerprint density at radius 3 is 2.43 bits per heavy atom. The van der Waals surface area contributed by atoms with Crippen molar-refractivity contribution in [2.75, 3.05) is 20.1 Å². The zero-order valence-corrected chi connectivity index (χ0v) is 25.7. The van der Waals surface area contributed by atoms with E-state index in [1.54, 1.807) is 17.0 Å². The highest BCUT2D eigenvalue weighted by Crippen LogP contribution is 2.63. The third kappa shape index (κ3) is 5.06. The number of pyridine rings is 2. The van der Waals surface area contributed by atoms with Gasteiger partial charge in [0.15, 0.2) is 0 Å². The maximum atomic E-state index is 13.9. The molecule has 2 saturated heterocycles. The van der Waals surface area contributed by atoms with Gasteiger partial charge >= 0.3 is 6.18 Å². The lowest BCUT2D eigenvalue weighted by Crippen LogP contribution is -2.35. The first-order chi connectivity index (χ1) is 18.8. The number of likely N-dealkylation sites (tertiary alicyclic amines) is 2. The number of carbonyl (C=O) groups is 3. The molecule has 0 radical (unpaired) electrons. The lowest BCUT2D eigenvalue weighted by Gasteiger charge is -2.21. The van der Waals surface area contributed by atoms with E-state index >= 15 is 0 Å². The van der Waals surface area contributed by atoms with Gasteiger partial charge in [0.05, 0.1) is 39.9 Å². The Kier molecular flexibility index (Phi) is 8.44. The van der Waals surface area contributed by atoms with Gasteiger partial charge in [0, 0.05) is 35.8 Å². The van der Waals surface area contributed by atoms with E-state index in [4.69, 9.17) is 0 Å². The largest absolute Gasteiger partial charge is 0.433 e. The molecule has 226 valence electrons. The SMILES string of the molecule is CN[C@H]1CCN(C(=O)c2c(C)cc(C(F)(F)F)nc2-c2ccnc3cc(CN4C(=O)C5C(C4=O)C5(C)C)sc23)C1.Cl.Cl. The molecule has 1 aliphatic carbocycles. The average Bonchev–Trinajstić information content (AvgIpc) is 3.32. The molecule has 0 bridgehead atoms. The van der Waals surface area contributed by atoms with Crippen LogP contribution in [0.2, 0.25) is 0 Å². The number of hydrogen-bond acceptors (Lipinski definition) is 7. The first-order valence-electron chi connectivity index (χ1n) is 13.1. The van der Waals surface area contributed by atoms with Gasteiger partial charge in [-0.3, -0.25) is 24.3 Å². The number of halogens is 5. The van der Waals surface area contributed by atoms with Gasteiger partial charge in [0.25, 0.3) is 5.91 Å². The highest BCUT2D eigenvalue weighted by Gasteiger charge is 2.72. The molecule has 0 spiro atoms. The van der Waals surface area contributed by atoms with Crippen LogP contribution in [0.25, 0.3) is 21.5 Å². The molecule has 3 aromatic heterocycles. The standard InChI is InChI=1S/C28H28F3N5O3S.2ClH/c1-13-9-18(28(29,30)31)34-22(19(13)24(37)35-8-6-14(11-35)32-4)16-5-7-33-17-10-15(40-23(16)17)12-36-25(38)20-21(26(36)39)27(20,2)3;;/h5,7,9-10,14,20-21,32H,6,8,11-12H2,1-4H3;2*1H/t14-,20?,21?;;/m0../s1. The summed E-state index contributed by atoms with van der Waals surface area (Å²) < 4.78 is 42.1. The number of thiophene rings is 1. The predicted molar refractivity (Wildman–Crippen MR) is 157 cm³/mol. The van der Waals surface area contributed by atoms with Gasteiger partial charge in [-0.1, -0.05) is 13.8 Å². The van der Waals surface area contributed by atoms with Crippen molar-refractivity contribution in [1.29, 1.82) is 0 Å². The van der Waals surface area contributed by atoms with Gasteiger partial charge in [0.1, 0.15) is 5.69 Å². The number of fused-ring (bicyclic) bond motifs is 2. The molecule has 2 unspecified atom stereocenters. The van der Waals surface area contributed by atoms with Crippen molar-refractivity contribution in [3.63, 3.8) is 0 Å². The van der Waals surface area contributed by atoms with Gasteiger partial charge in [-0.05, 0) is 49.6 Å². The molecule has 3 fully saturated rings. The Morgan fingerprint density at radius 2 is 1.83 bits per heavy atom. The molecule has 14 heteroatoms. The van der Waals surface area contributed by atoms with Crippen LogP contribution in [-0.2, 0) is 22.3 Å². The molecule has 0 aromatic carbocycles. The average molecular weight is 645 g/mol. The molecule has 2 aliphatic heterocycles. The maximum absolute atomic E-state index is 13.9. The monoisotopic (exact) mass is 643 g/mol. The summed E-state index contributed by atoms with van der Waals surface area (Å²) in [5, 5.41) is 3.15. The molecule has 42 heavy (non-hydrogen) atoms. The minimum absolute atomic E-state index is 0. The summed E-state index contributed by atoms with van der Waals surface area (Å²) in [6.07, 6.45) is -2.49. The number of alkyl halides is 3. The third-order valence-electron chi connectivity index (χ3n) is 8.53. The van der Waals surface area contributed by atoms with Crippen molar-refractivity contribution in [2.45, 2.75) is 46.0 Å². The minimum Gasteiger partial charge on any atom is -0.337 e. The lowest BCUT2D eigenvalue weighted by molar-refractivity contribution is -0.144. The van der Waals surface area contributed by atoms with E-state index in [1.165, 1.54) is 29.4 Å². The summed E-state index contributed by atoms with van der Waals surface area (Å²) in [5.74, 6) is -1.37. The number of nitrogens with one attached hydrogen (secondary N) is 1. The number of aromatic nitrogens is 2. The second-order valence-corrected chi connectivity index (χ2v) is 12.5. The van der Waals surface area contributed by atoms with E-state index in [1.807, 2.05) is 20.9 Å². The van der Waals surface area contributed by atoms with Crippen LogP contribution in [-0.4, -0.2) is 63.7 Å². The van der Waals surface area contributed by atoms with Crippen molar-refractivity contribution in [2.24, 2.45) is 17.3 Å². The molecule has 3 aromatic rings. The number of nitrogens with zero attached hydrogens (tertiary/aromatic N) is 4. The fraction of sp³-hybridized carbons (Fsp3) is 0.464. The number of piperidine rings is 1. The van der Waals surface area contributed by atoms with E-state index in [9.17, 15) is 27.6 Å². The smallest absolute Gasteiger partial charge is 0.337 e. The molecule has 3 aliphatic rings. The maximum Gasteiger partial charge on any atom is 0.433 e. The predicted octanol–water partition coefficient (Wildman–Crippen LogP) is 5.10. The molecule has 5 heterocycles. The number of carbonyl (C=O) groups excluding carboxylic acids is 3. The first kappa shape index (κ1) is 32.1. The van der Waals surface area contributed by atoms with Crippen molar-refractivity contribution in [3.05, 3.63) is 46.1 Å². The lowest BCUT2D eigenvalue weighted by atomic mass is 9.99. The molecule has 3 atom stereocenters. The first-order valence-corrected chi connectivity index (χ1v) is 13.9. The van der Waals surface area contributed by atoms with Crippen LogP contribution >= 0.6 is 36.2 Å². The van der Waals surface area contributed by atoms with E-state index < -0.39 is 11.9 Å². The van der Waals surface area contributed by atoms with Crippen LogP contribution in [0.5, 0.6) is 0 Å². The highest BCUT2D eigenvalue weighted by molar-refractivity contribution is 7.19. The Bertz CT molecular complexity index is 1570. The summed E-state index contributed by atoms with van der Waals surface area (Å²) >= 11 is 1.24. The van der Waals surface area contributed by atoms with Crippen molar-refractivity contribution in [3.8, 4) is 11.3 Å². The molecule has 1 saturated carbocycles.